The molecule has 1 rings (SSSR count). The molecule has 7 heteroatoms. The molecule has 0 radical (unpaired) electrons. The Morgan fingerprint density at radius 2 is 1.79 bits per heavy atom. The van der Waals surface area contributed by atoms with Crippen LogP contribution >= 0.6 is 11.6 Å². The van der Waals surface area contributed by atoms with Crippen LogP contribution in [-0.2, 0) is 11.0 Å². The summed E-state index contributed by atoms with van der Waals surface area (Å²) in [5, 5.41) is 0.221. The van der Waals surface area contributed by atoms with E-state index in [1.807, 2.05) is 0 Å². The molecule has 1 atom stereocenters. The number of nitrogen functional groups attached to an aromatic ring is 1. The van der Waals surface area contributed by atoms with E-state index in [1.54, 1.807) is 24.7 Å². The lowest BCUT2D eigenvalue weighted by molar-refractivity contribution is 0.608. The molecular formula is C7H13ClN4OS. The monoisotopic (exact) mass is 236 g/mol. The van der Waals surface area contributed by atoms with Gasteiger partial charge in [-0.05, 0) is 25.7 Å². The molecule has 0 aliphatic carbocycles. The first-order valence-electron chi connectivity index (χ1n) is 3.67. The number of aromatic nitrogens is 2. The minimum Gasteiger partial charge on any atom is -0.396 e. The molecule has 0 spiro atoms. The fraction of sp³-hybridized carbons (Fsp3) is 0.429. The van der Waals surface area contributed by atoms with Crippen molar-refractivity contribution in [2.75, 3.05) is 26.1 Å². The lowest BCUT2D eigenvalue weighted by Crippen LogP contribution is -2.12. The summed E-state index contributed by atoms with van der Waals surface area (Å²) in [6.45, 7) is 0. The van der Waals surface area contributed by atoms with Gasteiger partial charge in [0.25, 0.3) is 0 Å². The summed E-state index contributed by atoms with van der Waals surface area (Å²) in [6, 6.07) is 0. The van der Waals surface area contributed by atoms with Crippen LogP contribution in [0.3, 0.4) is 0 Å². The van der Waals surface area contributed by atoms with Gasteiger partial charge in [-0.15, -0.1) is 0 Å². The van der Waals surface area contributed by atoms with Crippen molar-refractivity contribution in [1.29, 1.82) is 0 Å². The quantitative estimate of drug-likeness (QED) is 0.723. The molecule has 0 amide bonds. The van der Waals surface area contributed by atoms with Crippen LogP contribution in [0.4, 0.5) is 5.69 Å². The predicted octanol–water partition coefficient (Wildman–Crippen LogP) is 0.554. The summed E-state index contributed by atoms with van der Waals surface area (Å²) in [4.78, 5) is 7.22. The van der Waals surface area contributed by atoms with Gasteiger partial charge in [0.05, 0.1) is 29.1 Å². The molecule has 0 aromatic carbocycles. The molecule has 0 bridgehead atoms. The highest BCUT2D eigenvalue weighted by atomic mass is 35.5. The number of rotatable bonds is 1. The van der Waals surface area contributed by atoms with Crippen LogP contribution in [0.2, 0.25) is 5.28 Å². The first-order valence-corrected chi connectivity index (χ1v) is 5.56. The molecule has 80 valence electrons. The Labute approximate surface area is 90.9 Å². The second-order valence-electron chi connectivity index (χ2n) is 2.52. The zero-order valence-corrected chi connectivity index (χ0v) is 9.84. The summed E-state index contributed by atoms with van der Waals surface area (Å²) in [5.41, 5.74) is 5.77. The number of hydrogen-bond acceptors (Lipinski definition) is 4. The third-order valence-electron chi connectivity index (χ3n) is 1.15. The van der Waals surface area contributed by atoms with Crippen LogP contribution in [0.15, 0.2) is 12.4 Å². The zero-order chi connectivity index (χ0) is 11.1. The first kappa shape index (κ1) is 13.3. The highest BCUT2D eigenvalue weighted by Gasteiger charge is 1.86. The summed E-state index contributed by atoms with van der Waals surface area (Å²) in [7, 11) is 2.76. The summed E-state index contributed by atoms with van der Waals surface area (Å²) < 4.78 is 11.8. The lowest BCUT2D eigenvalue weighted by Gasteiger charge is -2.00. The van der Waals surface area contributed by atoms with E-state index in [4.69, 9.17) is 17.3 Å². The molecule has 1 heterocycles. The topological polar surface area (TPSA) is 72.1 Å². The molecule has 0 saturated carbocycles. The van der Waals surface area contributed by atoms with Gasteiger partial charge in [0.1, 0.15) is 0 Å². The highest BCUT2D eigenvalue weighted by molar-refractivity contribution is 7.81. The van der Waals surface area contributed by atoms with Crippen LogP contribution in [-0.4, -0.2) is 38.8 Å². The molecule has 5 nitrogen and oxygen atoms in total. The third-order valence-corrected chi connectivity index (χ3v) is 2.38. The van der Waals surface area contributed by atoms with Crippen molar-refractivity contribution in [3.63, 3.8) is 0 Å². The molecule has 0 aliphatic heterocycles. The van der Waals surface area contributed by atoms with Crippen molar-refractivity contribution >= 4 is 28.3 Å². The maximum Gasteiger partial charge on any atom is 0.222 e. The van der Waals surface area contributed by atoms with E-state index in [1.165, 1.54) is 12.4 Å². The Kier molecular flexibility index (Phi) is 6.35. The van der Waals surface area contributed by atoms with Crippen molar-refractivity contribution in [3.8, 4) is 0 Å². The van der Waals surface area contributed by atoms with Crippen LogP contribution in [0, 0.1) is 0 Å². The molecule has 0 saturated heterocycles. The standard InChI is InChI=1S/C4H4ClN3.C3H9NOS/c5-4-7-1-3(6)2-8-4;1-4(2)6(3)5/h1-2H,6H2;1-3H3. The van der Waals surface area contributed by atoms with E-state index in [-0.39, 0.29) is 5.28 Å². The SMILES string of the molecule is CN(C)S(C)=O.Nc1cnc(Cl)nc1. The van der Waals surface area contributed by atoms with Crippen molar-refractivity contribution in [1.82, 2.24) is 14.3 Å². The maximum absolute atomic E-state index is 10.2. The molecule has 0 aliphatic rings. The summed E-state index contributed by atoms with van der Waals surface area (Å²) in [5.74, 6) is 0. The van der Waals surface area contributed by atoms with Gasteiger partial charge < -0.3 is 5.73 Å². The predicted molar refractivity (Wildman–Crippen MR) is 59.2 cm³/mol. The van der Waals surface area contributed by atoms with Crippen LogP contribution in [0.5, 0.6) is 0 Å². The number of halogens is 1. The van der Waals surface area contributed by atoms with E-state index >= 15 is 0 Å². The molecule has 14 heavy (non-hydrogen) atoms. The maximum atomic E-state index is 10.2. The number of hydrogen-bond donors (Lipinski definition) is 1. The Balaban J connectivity index is 0.000000255. The van der Waals surface area contributed by atoms with Gasteiger partial charge in [0.15, 0.2) is 0 Å². The van der Waals surface area contributed by atoms with Crippen LogP contribution in [0.25, 0.3) is 0 Å². The second kappa shape index (κ2) is 6.69. The van der Waals surface area contributed by atoms with Gasteiger partial charge in [-0.25, -0.2) is 18.5 Å². The van der Waals surface area contributed by atoms with Gasteiger partial charge in [-0.1, -0.05) is 0 Å². The summed E-state index contributed by atoms with van der Waals surface area (Å²) >= 11 is 5.33. The molecule has 2 N–H and O–H groups in total. The van der Waals surface area contributed by atoms with Crippen LogP contribution in [0.1, 0.15) is 0 Å². The van der Waals surface area contributed by atoms with E-state index in [2.05, 4.69) is 9.97 Å². The summed E-state index contributed by atoms with van der Waals surface area (Å²) in [6.07, 6.45) is 4.55. The number of anilines is 1. The zero-order valence-electron chi connectivity index (χ0n) is 8.27. The fourth-order valence-electron chi connectivity index (χ4n) is 0.322. The van der Waals surface area contributed by atoms with Crippen molar-refractivity contribution in [2.45, 2.75) is 0 Å². The van der Waals surface area contributed by atoms with Gasteiger partial charge in [-0.2, -0.15) is 0 Å². The van der Waals surface area contributed by atoms with Gasteiger partial charge >= 0.3 is 0 Å². The molecule has 1 unspecified atom stereocenters. The normalized spacial score (nSPS) is 11.8. The first-order chi connectivity index (χ1) is 6.43. The minimum atomic E-state index is -0.784. The number of nitrogens with zero attached hydrogens (tertiary/aromatic N) is 3. The molecular weight excluding hydrogens is 224 g/mol. The third kappa shape index (κ3) is 6.76. The van der Waals surface area contributed by atoms with Crippen molar-refractivity contribution in [3.05, 3.63) is 17.7 Å². The van der Waals surface area contributed by atoms with Crippen LogP contribution < -0.4 is 5.73 Å². The van der Waals surface area contributed by atoms with Gasteiger partial charge in [-0.3, -0.25) is 0 Å². The Hall–Kier alpha value is -0.720. The average molecular weight is 237 g/mol. The lowest BCUT2D eigenvalue weighted by atomic mass is 10.6. The van der Waals surface area contributed by atoms with Crippen molar-refractivity contribution in [2.24, 2.45) is 0 Å². The fourth-order valence-corrected chi connectivity index (χ4v) is 0.420. The van der Waals surface area contributed by atoms with Gasteiger partial charge in [0, 0.05) is 6.26 Å². The number of nitrogens with two attached hydrogens (primary N) is 1. The van der Waals surface area contributed by atoms with E-state index in [0.29, 0.717) is 5.69 Å². The van der Waals surface area contributed by atoms with E-state index < -0.39 is 11.0 Å². The van der Waals surface area contributed by atoms with E-state index in [9.17, 15) is 4.21 Å². The van der Waals surface area contributed by atoms with E-state index in [0.717, 1.165) is 0 Å². The Bertz CT molecular complexity index is 269. The Morgan fingerprint density at radius 1 is 1.43 bits per heavy atom. The largest absolute Gasteiger partial charge is 0.396 e. The van der Waals surface area contributed by atoms with Gasteiger partial charge in [0.2, 0.25) is 5.28 Å². The average Bonchev–Trinajstić information content (AvgIpc) is 2.11. The Morgan fingerprint density at radius 3 is 2.00 bits per heavy atom. The smallest absolute Gasteiger partial charge is 0.222 e. The molecule has 1 aromatic heterocycles. The molecule has 1 aromatic rings. The molecule has 0 fully saturated rings. The minimum absolute atomic E-state index is 0.221. The second-order valence-corrected chi connectivity index (χ2v) is 4.44. The highest BCUT2D eigenvalue weighted by Crippen LogP contribution is 1.99. The van der Waals surface area contributed by atoms with Crippen molar-refractivity contribution < 1.29 is 4.21 Å².